The van der Waals surface area contributed by atoms with Crippen molar-refractivity contribution < 1.29 is 9.59 Å². The second-order valence-electron chi connectivity index (χ2n) is 2.86. The van der Waals surface area contributed by atoms with Crippen molar-refractivity contribution in [2.24, 2.45) is 0 Å². The number of nitrogens with one attached hydrogen (secondary N) is 1. The zero-order valence-electron chi connectivity index (χ0n) is 7.89. The van der Waals surface area contributed by atoms with Gasteiger partial charge in [0.25, 0.3) is 0 Å². The lowest BCUT2D eigenvalue weighted by atomic mass is 10.3. The number of amides is 1. The topological polar surface area (TPSA) is 49.4 Å². The van der Waals surface area contributed by atoms with Crippen LogP contribution in [0, 0.1) is 0 Å². The molecule has 12 heavy (non-hydrogen) atoms. The summed E-state index contributed by atoms with van der Waals surface area (Å²) in [6, 6.07) is 0. The van der Waals surface area contributed by atoms with Gasteiger partial charge in [-0.3, -0.25) is 14.5 Å². The Bertz CT molecular complexity index is 168. The van der Waals surface area contributed by atoms with Crippen LogP contribution in [0.25, 0.3) is 0 Å². The van der Waals surface area contributed by atoms with E-state index in [0.29, 0.717) is 19.5 Å². The summed E-state index contributed by atoms with van der Waals surface area (Å²) >= 11 is 0. The smallest absolute Gasteiger partial charge is 0.221 e. The lowest BCUT2D eigenvalue weighted by Gasteiger charge is -2.13. The minimum atomic E-state index is 0.00500. The SMILES string of the molecule is CNC(=O)CCN(C)CC(C)=O. The maximum absolute atomic E-state index is 10.8. The van der Waals surface area contributed by atoms with Gasteiger partial charge in [-0.05, 0) is 14.0 Å². The van der Waals surface area contributed by atoms with Crippen molar-refractivity contribution in [1.29, 1.82) is 0 Å². The lowest BCUT2D eigenvalue weighted by Crippen LogP contribution is -2.29. The molecule has 0 rings (SSSR count). The first-order valence-corrected chi connectivity index (χ1v) is 3.95. The number of likely N-dealkylation sites (N-methyl/N-ethyl adjacent to an activating group) is 1. The normalized spacial score (nSPS) is 10.0. The average molecular weight is 172 g/mol. The zero-order valence-corrected chi connectivity index (χ0v) is 7.89. The largest absolute Gasteiger partial charge is 0.359 e. The summed E-state index contributed by atoms with van der Waals surface area (Å²) in [6.45, 7) is 2.58. The summed E-state index contributed by atoms with van der Waals surface area (Å²) in [5.41, 5.74) is 0. The molecular formula is C8H16N2O2. The fourth-order valence-electron chi connectivity index (χ4n) is 0.877. The summed E-state index contributed by atoms with van der Waals surface area (Å²) in [7, 11) is 3.43. The quantitative estimate of drug-likeness (QED) is 0.616. The number of carbonyl (C=O) groups is 2. The van der Waals surface area contributed by atoms with Crippen LogP contribution in [0.3, 0.4) is 0 Å². The van der Waals surface area contributed by atoms with Crippen LogP contribution in [0.15, 0.2) is 0 Å². The van der Waals surface area contributed by atoms with Crippen molar-refractivity contribution in [1.82, 2.24) is 10.2 Å². The van der Waals surface area contributed by atoms with Gasteiger partial charge in [-0.1, -0.05) is 0 Å². The molecular weight excluding hydrogens is 156 g/mol. The first kappa shape index (κ1) is 11.1. The van der Waals surface area contributed by atoms with E-state index in [2.05, 4.69) is 5.32 Å². The van der Waals surface area contributed by atoms with Gasteiger partial charge in [-0.2, -0.15) is 0 Å². The van der Waals surface area contributed by atoms with E-state index in [1.165, 1.54) is 6.92 Å². The van der Waals surface area contributed by atoms with Crippen LogP contribution in [0.4, 0.5) is 0 Å². The Morgan fingerprint density at radius 1 is 1.42 bits per heavy atom. The van der Waals surface area contributed by atoms with Crippen LogP contribution in [0.1, 0.15) is 13.3 Å². The summed E-state index contributed by atoms with van der Waals surface area (Å²) in [6.07, 6.45) is 0.445. The highest BCUT2D eigenvalue weighted by molar-refractivity contribution is 5.78. The molecule has 0 saturated carbocycles. The Kier molecular flexibility index (Phi) is 5.28. The molecule has 0 aromatic carbocycles. The molecule has 0 atom stereocenters. The first-order chi connectivity index (χ1) is 5.56. The van der Waals surface area contributed by atoms with Crippen LogP contribution < -0.4 is 5.32 Å². The molecule has 4 nitrogen and oxygen atoms in total. The predicted octanol–water partition coefficient (Wildman–Crippen LogP) is -0.357. The fourth-order valence-corrected chi connectivity index (χ4v) is 0.877. The summed E-state index contributed by atoms with van der Waals surface area (Å²) < 4.78 is 0. The maximum atomic E-state index is 10.8. The number of hydrogen-bond donors (Lipinski definition) is 1. The van der Waals surface area contributed by atoms with Gasteiger partial charge in [-0.15, -0.1) is 0 Å². The number of hydrogen-bond acceptors (Lipinski definition) is 3. The van der Waals surface area contributed by atoms with Gasteiger partial charge >= 0.3 is 0 Å². The van der Waals surface area contributed by atoms with E-state index in [9.17, 15) is 9.59 Å². The van der Waals surface area contributed by atoms with E-state index in [4.69, 9.17) is 0 Å². The summed E-state index contributed by atoms with van der Waals surface area (Å²) in [4.78, 5) is 23.2. The average Bonchev–Trinajstić information content (AvgIpc) is 1.99. The van der Waals surface area contributed by atoms with Crippen LogP contribution >= 0.6 is 0 Å². The van der Waals surface area contributed by atoms with E-state index >= 15 is 0 Å². The van der Waals surface area contributed by atoms with Gasteiger partial charge in [0.05, 0.1) is 6.54 Å². The van der Waals surface area contributed by atoms with Crippen molar-refractivity contribution in [2.45, 2.75) is 13.3 Å². The Morgan fingerprint density at radius 3 is 2.42 bits per heavy atom. The van der Waals surface area contributed by atoms with Gasteiger partial charge in [-0.25, -0.2) is 0 Å². The molecule has 1 amide bonds. The molecule has 0 heterocycles. The van der Waals surface area contributed by atoms with Crippen LogP contribution in [0.2, 0.25) is 0 Å². The Morgan fingerprint density at radius 2 is 2.00 bits per heavy atom. The van der Waals surface area contributed by atoms with E-state index in [0.717, 1.165) is 0 Å². The molecule has 4 heteroatoms. The predicted molar refractivity (Wildman–Crippen MR) is 46.9 cm³/mol. The van der Waals surface area contributed by atoms with E-state index < -0.39 is 0 Å². The third-order valence-corrected chi connectivity index (χ3v) is 1.49. The molecule has 0 aromatic rings. The molecule has 0 bridgehead atoms. The molecule has 0 aliphatic carbocycles. The van der Waals surface area contributed by atoms with Crippen molar-refractivity contribution >= 4 is 11.7 Å². The van der Waals surface area contributed by atoms with Gasteiger partial charge < -0.3 is 5.32 Å². The highest BCUT2D eigenvalue weighted by atomic mass is 16.1. The first-order valence-electron chi connectivity index (χ1n) is 3.95. The molecule has 0 fully saturated rings. The van der Waals surface area contributed by atoms with Gasteiger partial charge in [0.2, 0.25) is 5.91 Å². The third kappa shape index (κ3) is 5.85. The number of nitrogens with zero attached hydrogens (tertiary/aromatic N) is 1. The van der Waals surface area contributed by atoms with Crippen LogP contribution in [-0.2, 0) is 9.59 Å². The minimum Gasteiger partial charge on any atom is -0.359 e. The van der Waals surface area contributed by atoms with Crippen LogP contribution in [-0.4, -0.2) is 43.8 Å². The van der Waals surface area contributed by atoms with Crippen molar-refractivity contribution in [2.75, 3.05) is 27.2 Å². The van der Waals surface area contributed by atoms with Gasteiger partial charge in [0, 0.05) is 20.0 Å². The Balaban J connectivity index is 3.50. The van der Waals surface area contributed by atoms with Crippen molar-refractivity contribution in [3.8, 4) is 0 Å². The minimum absolute atomic E-state index is 0.00500. The molecule has 0 unspecified atom stereocenters. The summed E-state index contributed by atoms with van der Waals surface area (Å²) in [5.74, 6) is 0.125. The van der Waals surface area contributed by atoms with E-state index in [1.54, 1.807) is 7.05 Å². The number of rotatable bonds is 5. The molecule has 0 saturated heterocycles. The lowest BCUT2D eigenvalue weighted by molar-refractivity contribution is -0.122. The molecule has 1 N–H and O–H groups in total. The molecule has 0 aromatic heterocycles. The van der Waals surface area contributed by atoms with Gasteiger partial charge in [0.1, 0.15) is 5.78 Å². The van der Waals surface area contributed by atoms with E-state index in [1.807, 2.05) is 11.9 Å². The number of ketones is 1. The second-order valence-corrected chi connectivity index (χ2v) is 2.86. The fraction of sp³-hybridized carbons (Fsp3) is 0.750. The van der Waals surface area contributed by atoms with Crippen molar-refractivity contribution in [3.05, 3.63) is 0 Å². The van der Waals surface area contributed by atoms with Crippen LogP contribution in [0.5, 0.6) is 0 Å². The summed E-state index contributed by atoms with van der Waals surface area (Å²) in [5, 5.41) is 2.52. The Labute approximate surface area is 72.9 Å². The molecule has 0 aliphatic rings. The maximum Gasteiger partial charge on any atom is 0.221 e. The molecule has 0 radical (unpaired) electrons. The third-order valence-electron chi connectivity index (χ3n) is 1.49. The molecule has 0 aliphatic heterocycles. The number of carbonyl (C=O) groups excluding carboxylic acids is 2. The molecule has 70 valence electrons. The highest BCUT2D eigenvalue weighted by Crippen LogP contribution is 1.87. The van der Waals surface area contributed by atoms with Gasteiger partial charge in [0.15, 0.2) is 0 Å². The monoisotopic (exact) mass is 172 g/mol. The zero-order chi connectivity index (χ0) is 9.56. The molecule has 0 spiro atoms. The van der Waals surface area contributed by atoms with Crippen molar-refractivity contribution in [3.63, 3.8) is 0 Å². The van der Waals surface area contributed by atoms with E-state index in [-0.39, 0.29) is 11.7 Å². The standard InChI is InChI=1S/C8H16N2O2/c1-7(11)6-10(3)5-4-8(12)9-2/h4-6H2,1-3H3,(H,9,12). The number of Topliss-reactive ketones (excluding diaryl/α,β-unsaturated/α-hetero) is 1. The second kappa shape index (κ2) is 5.71. The Hall–Kier alpha value is -0.900. The highest BCUT2D eigenvalue weighted by Gasteiger charge is 2.03.